The molecule has 0 spiro atoms. The predicted molar refractivity (Wildman–Crippen MR) is 197 cm³/mol. The molecule has 1 aliphatic rings. The first-order valence-electron chi connectivity index (χ1n) is 17.2. The second-order valence-electron chi connectivity index (χ2n) is 14.1. The van der Waals surface area contributed by atoms with E-state index in [0.717, 1.165) is 45.5 Å². The number of rotatable bonds is 12. The molecule has 0 atom stereocenters. The van der Waals surface area contributed by atoms with Crippen molar-refractivity contribution in [1.82, 2.24) is 9.97 Å². The number of ketones is 2. The van der Waals surface area contributed by atoms with Crippen LogP contribution >= 0.6 is 0 Å². The average molecular weight is 715 g/mol. The van der Waals surface area contributed by atoms with Gasteiger partial charge in [-0.05, 0) is 90.3 Å². The molecule has 0 aliphatic heterocycles. The van der Waals surface area contributed by atoms with Crippen molar-refractivity contribution in [1.29, 1.82) is 0 Å². The molecule has 12 heteroatoms. The molecule has 2 heterocycles. The second-order valence-corrected chi connectivity index (χ2v) is 14.1. The lowest BCUT2D eigenvalue weighted by molar-refractivity contribution is -0.193. The van der Waals surface area contributed by atoms with E-state index in [1.165, 1.54) is 19.3 Å². The summed E-state index contributed by atoms with van der Waals surface area (Å²) in [7, 11) is 0. The summed E-state index contributed by atoms with van der Waals surface area (Å²) in [5.74, 6) is 2.59. The first kappa shape index (κ1) is 42.7. The lowest BCUT2D eigenvalue weighted by Crippen LogP contribution is -2.31. The summed E-state index contributed by atoms with van der Waals surface area (Å²) in [4.78, 5) is 66.0. The van der Waals surface area contributed by atoms with Gasteiger partial charge < -0.3 is 20.9 Å². The number of nitrogens with two attached hydrogens (primary N) is 2. The third kappa shape index (κ3) is 12.1. The summed E-state index contributed by atoms with van der Waals surface area (Å²) >= 11 is 0. The smallest absolute Gasteiger partial charge is 0.373 e. The number of Topliss-reactive ketones (excluding diaryl/α,β-unsaturated/α-hetero) is 2. The molecule has 0 saturated heterocycles. The topological polar surface area (TPSA) is 199 Å². The molecule has 5 rings (SSSR count). The number of aromatic nitrogens is 2. The van der Waals surface area contributed by atoms with Gasteiger partial charge in [0.1, 0.15) is 36.3 Å². The zero-order valence-corrected chi connectivity index (χ0v) is 31.2. The quantitative estimate of drug-likeness (QED) is 0.152. The fourth-order valence-corrected chi connectivity index (χ4v) is 5.70. The van der Waals surface area contributed by atoms with Crippen LogP contribution in [-0.4, -0.2) is 47.1 Å². The molecular weight excluding hydrogens is 664 g/mol. The minimum absolute atomic E-state index is 0.185. The summed E-state index contributed by atoms with van der Waals surface area (Å²) < 4.78 is 11.9. The minimum Gasteiger partial charge on any atom is -0.492 e. The zero-order valence-electron chi connectivity index (χ0n) is 31.2. The number of fused-ring (bicyclic) bond motifs is 2. The fraction of sp³-hybridized carbons (Fsp3) is 0.450. The Morgan fingerprint density at radius 3 is 1.52 bits per heavy atom. The van der Waals surface area contributed by atoms with Gasteiger partial charge in [0.15, 0.2) is 0 Å². The van der Waals surface area contributed by atoms with Crippen LogP contribution in [0.2, 0.25) is 0 Å². The molecule has 0 radical (unpaired) electrons. The Hall–Kier alpha value is -5.44. The van der Waals surface area contributed by atoms with Crippen molar-refractivity contribution < 1.29 is 38.2 Å². The van der Waals surface area contributed by atoms with Crippen LogP contribution in [-0.2, 0) is 28.8 Å². The van der Waals surface area contributed by atoms with E-state index in [9.17, 15) is 9.59 Å². The number of nitrogen functional groups attached to an aromatic ring is 2. The molecule has 0 amide bonds. The first-order chi connectivity index (χ1) is 24.5. The van der Waals surface area contributed by atoms with Crippen LogP contribution in [0.15, 0.2) is 48.5 Å². The second kappa shape index (κ2) is 19.8. The molecule has 2 aromatic heterocycles. The van der Waals surface area contributed by atoms with Gasteiger partial charge in [0.05, 0.1) is 32.6 Å². The van der Waals surface area contributed by atoms with Crippen LogP contribution in [0.25, 0.3) is 21.8 Å². The standard InChI is InChI=1S/C21H28N2O2.C17H22N2O2.2CO2/c1-14-12-16(22)20-17(23-14)8-5-9-18(20)25-13-21(2,3)19(24)11-10-15-6-4-7-15;1-5-15(20)17(3,4)10-21-14-8-6-7-13-16(14)12(18)9-11(2)19-13;2*2-1-3/h5,8-9,12,15H,4,6-7,10-11,13H2,1-3H3,(H2,22,23);6-9H,5,10H2,1-4H3,(H2,18,19);;. The van der Waals surface area contributed by atoms with Crippen LogP contribution in [0.5, 0.6) is 11.5 Å². The van der Waals surface area contributed by atoms with Crippen LogP contribution in [0.4, 0.5) is 11.4 Å². The minimum atomic E-state index is -0.510. The average Bonchev–Trinajstić information content (AvgIpc) is 3.05. The number of nitrogens with zero attached hydrogens (tertiary/aromatic N) is 2. The van der Waals surface area contributed by atoms with Gasteiger partial charge in [-0.1, -0.05) is 38.3 Å². The molecule has 1 fully saturated rings. The lowest BCUT2D eigenvalue weighted by atomic mass is 9.78. The zero-order chi connectivity index (χ0) is 39.1. The third-order valence-corrected chi connectivity index (χ3v) is 8.92. The number of benzene rings is 2. The van der Waals surface area contributed by atoms with Gasteiger partial charge in [0.25, 0.3) is 0 Å². The summed E-state index contributed by atoms with van der Waals surface area (Å²) in [6.45, 7) is 14.1. The molecule has 1 aliphatic carbocycles. The largest absolute Gasteiger partial charge is 0.492 e. The maximum atomic E-state index is 12.6. The van der Waals surface area contributed by atoms with Crippen LogP contribution in [0.3, 0.4) is 0 Å². The first-order valence-corrected chi connectivity index (χ1v) is 17.2. The molecule has 0 unspecified atom stereocenters. The highest BCUT2D eigenvalue weighted by Crippen LogP contribution is 2.35. The van der Waals surface area contributed by atoms with Crippen molar-refractivity contribution in [3.05, 3.63) is 59.9 Å². The highest BCUT2D eigenvalue weighted by molar-refractivity contribution is 5.96. The molecule has 1 saturated carbocycles. The fourth-order valence-electron chi connectivity index (χ4n) is 5.70. The van der Waals surface area contributed by atoms with E-state index in [1.807, 2.05) is 97.0 Å². The van der Waals surface area contributed by atoms with Crippen molar-refractivity contribution in [2.75, 3.05) is 24.7 Å². The third-order valence-electron chi connectivity index (χ3n) is 8.92. The van der Waals surface area contributed by atoms with Crippen LogP contribution in [0.1, 0.15) is 84.5 Å². The maximum absolute atomic E-state index is 12.6. The van der Waals surface area contributed by atoms with Crippen LogP contribution < -0.4 is 20.9 Å². The normalized spacial score (nSPS) is 12.3. The lowest BCUT2D eigenvalue weighted by Gasteiger charge is -2.28. The molecule has 4 N–H and O–H groups in total. The Bertz CT molecular complexity index is 1890. The highest BCUT2D eigenvalue weighted by Gasteiger charge is 2.30. The van der Waals surface area contributed by atoms with E-state index in [0.29, 0.717) is 48.9 Å². The summed E-state index contributed by atoms with van der Waals surface area (Å²) in [6.07, 6.45) is 6.57. The molecule has 12 nitrogen and oxygen atoms in total. The van der Waals surface area contributed by atoms with Crippen molar-refractivity contribution in [2.45, 2.75) is 87.0 Å². The van der Waals surface area contributed by atoms with Crippen molar-refractivity contribution in [2.24, 2.45) is 16.7 Å². The Balaban J connectivity index is 0.000000316. The van der Waals surface area contributed by atoms with Gasteiger partial charge >= 0.3 is 12.3 Å². The Morgan fingerprint density at radius 1 is 0.750 bits per heavy atom. The number of pyridine rings is 2. The molecule has 52 heavy (non-hydrogen) atoms. The van der Waals surface area contributed by atoms with Gasteiger partial charge in [0.2, 0.25) is 0 Å². The Morgan fingerprint density at radius 2 is 1.15 bits per heavy atom. The Kier molecular flexibility index (Phi) is 16.3. The number of carbonyl (C=O) groups is 2. The number of hydrogen-bond acceptors (Lipinski definition) is 12. The molecule has 278 valence electrons. The molecule has 0 bridgehead atoms. The predicted octanol–water partition coefficient (Wildman–Crippen LogP) is 7.02. The number of carbonyl (C=O) groups excluding carboxylic acids is 6. The molecule has 4 aromatic rings. The summed E-state index contributed by atoms with van der Waals surface area (Å²) in [6, 6.07) is 15.1. The summed E-state index contributed by atoms with van der Waals surface area (Å²) in [5, 5.41) is 1.63. The van der Waals surface area contributed by atoms with E-state index in [2.05, 4.69) is 9.97 Å². The summed E-state index contributed by atoms with van der Waals surface area (Å²) in [5.41, 5.74) is 16.0. The van der Waals surface area contributed by atoms with Gasteiger partial charge in [-0.3, -0.25) is 19.6 Å². The van der Waals surface area contributed by atoms with Gasteiger partial charge in [0, 0.05) is 35.6 Å². The van der Waals surface area contributed by atoms with Crippen LogP contribution in [0, 0.1) is 30.6 Å². The number of aryl methyl sites for hydroxylation is 2. The SMILES string of the molecule is CCC(=O)C(C)(C)COc1cccc2nc(C)cc(N)c12.Cc1cc(N)c2c(OCC(C)(C)C(=O)CCC3CCC3)cccc2n1.O=C=O.O=C=O. The number of anilines is 2. The van der Waals surface area contributed by atoms with E-state index in [1.54, 1.807) is 0 Å². The van der Waals surface area contributed by atoms with E-state index >= 15 is 0 Å². The molecule has 2 aromatic carbocycles. The maximum Gasteiger partial charge on any atom is 0.373 e. The van der Waals surface area contributed by atoms with E-state index < -0.39 is 10.8 Å². The highest BCUT2D eigenvalue weighted by atomic mass is 16.5. The van der Waals surface area contributed by atoms with Gasteiger partial charge in [-0.2, -0.15) is 19.2 Å². The van der Waals surface area contributed by atoms with Crippen molar-refractivity contribution in [3.63, 3.8) is 0 Å². The Labute approximate surface area is 304 Å². The number of hydrogen-bond donors (Lipinski definition) is 2. The van der Waals surface area contributed by atoms with Gasteiger partial charge in [-0.15, -0.1) is 0 Å². The molecular formula is C40H50N4O8. The van der Waals surface area contributed by atoms with Gasteiger partial charge in [-0.25, -0.2) is 0 Å². The van der Waals surface area contributed by atoms with E-state index in [4.69, 9.17) is 40.1 Å². The van der Waals surface area contributed by atoms with E-state index in [-0.39, 0.29) is 23.9 Å². The van der Waals surface area contributed by atoms with Crippen molar-refractivity contribution >= 4 is 57.1 Å². The van der Waals surface area contributed by atoms with Crippen molar-refractivity contribution in [3.8, 4) is 11.5 Å². The number of ether oxygens (including phenoxy) is 2. The monoisotopic (exact) mass is 714 g/mol.